The van der Waals surface area contributed by atoms with Crippen LogP contribution in [0.3, 0.4) is 0 Å². The van der Waals surface area contributed by atoms with Crippen LogP contribution in [-0.4, -0.2) is 22.4 Å². The minimum absolute atomic E-state index is 0.128. The summed E-state index contributed by atoms with van der Waals surface area (Å²) in [5, 5.41) is 5.97. The summed E-state index contributed by atoms with van der Waals surface area (Å²) in [7, 11) is 0. The molecule has 140 valence electrons. The van der Waals surface area contributed by atoms with Crippen LogP contribution in [0, 0.1) is 0 Å². The highest BCUT2D eigenvalue weighted by atomic mass is 35.5. The quantitative estimate of drug-likeness (QED) is 0.506. The van der Waals surface area contributed by atoms with Crippen molar-refractivity contribution in [3.63, 3.8) is 0 Å². The van der Waals surface area contributed by atoms with Crippen LogP contribution in [0.2, 0.25) is 10.0 Å². The molecule has 1 aliphatic rings. The van der Waals surface area contributed by atoms with Crippen LogP contribution in [0.25, 0.3) is 17.0 Å². The monoisotopic (exact) mass is 413 g/mol. The molecular formula is C20H13Cl2N3O3. The highest BCUT2D eigenvalue weighted by Gasteiger charge is 2.28. The number of rotatable bonds is 3. The smallest absolute Gasteiger partial charge is 0.328 e. The molecule has 0 radical (unpaired) electrons. The van der Waals surface area contributed by atoms with Gasteiger partial charge in [-0.25, -0.2) is 4.79 Å². The fourth-order valence-electron chi connectivity index (χ4n) is 3.12. The van der Waals surface area contributed by atoms with E-state index in [2.05, 4.69) is 10.6 Å². The van der Waals surface area contributed by atoms with Crippen molar-refractivity contribution in [1.29, 1.82) is 0 Å². The summed E-state index contributed by atoms with van der Waals surface area (Å²) < 4.78 is 1.99. The number of para-hydroxylation sites is 1. The number of nitrogens with zero attached hydrogens (tertiary/aromatic N) is 1. The normalized spacial score (nSPS) is 14.2. The van der Waals surface area contributed by atoms with Crippen LogP contribution in [0.15, 0.2) is 54.2 Å². The molecule has 1 aromatic heterocycles. The van der Waals surface area contributed by atoms with E-state index in [9.17, 15) is 14.4 Å². The molecule has 0 bridgehead atoms. The highest BCUT2D eigenvalue weighted by molar-refractivity contribution is 6.42. The van der Waals surface area contributed by atoms with Crippen molar-refractivity contribution in [2.24, 2.45) is 0 Å². The van der Waals surface area contributed by atoms with Gasteiger partial charge in [-0.3, -0.25) is 20.2 Å². The molecule has 8 heteroatoms. The van der Waals surface area contributed by atoms with E-state index in [-0.39, 0.29) is 5.57 Å². The van der Waals surface area contributed by atoms with Gasteiger partial charge in [-0.2, -0.15) is 0 Å². The molecule has 6 nitrogen and oxygen atoms in total. The van der Waals surface area contributed by atoms with Crippen molar-refractivity contribution in [2.45, 2.75) is 6.54 Å². The van der Waals surface area contributed by atoms with Gasteiger partial charge in [0.1, 0.15) is 5.57 Å². The number of carbonyl (C=O) groups is 3. The molecule has 0 aliphatic carbocycles. The molecule has 3 aromatic rings. The first-order valence-electron chi connectivity index (χ1n) is 8.32. The van der Waals surface area contributed by atoms with Gasteiger partial charge >= 0.3 is 6.03 Å². The van der Waals surface area contributed by atoms with E-state index in [1.807, 2.05) is 41.1 Å². The summed E-state index contributed by atoms with van der Waals surface area (Å²) in [6.45, 7) is 0.525. The number of hydrogen-bond donors (Lipinski definition) is 2. The Labute approximate surface area is 169 Å². The summed E-state index contributed by atoms with van der Waals surface area (Å²) in [4.78, 5) is 35.3. The second-order valence-electron chi connectivity index (χ2n) is 6.27. The molecule has 2 aromatic carbocycles. The van der Waals surface area contributed by atoms with Gasteiger partial charge in [-0.1, -0.05) is 47.5 Å². The number of hydrogen-bond acceptors (Lipinski definition) is 3. The Morgan fingerprint density at radius 2 is 1.64 bits per heavy atom. The third kappa shape index (κ3) is 3.40. The van der Waals surface area contributed by atoms with Gasteiger partial charge in [0.05, 0.1) is 10.0 Å². The van der Waals surface area contributed by atoms with Crippen molar-refractivity contribution < 1.29 is 14.4 Å². The number of barbiturate groups is 1. The Bertz CT molecular complexity index is 1160. The lowest BCUT2D eigenvalue weighted by Crippen LogP contribution is -2.51. The molecule has 0 unspecified atom stereocenters. The van der Waals surface area contributed by atoms with E-state index in [1.54, 1.807) is 12.1 Å². The zero-order valence-corrected chi connectivity index (χ0v) is 15.8. The van der Waals surface area contributed by atoms with E-state index in [0.29, 0.717) is 22.2 Å². The molecule has 0 spiro atoms. The molecule has 1 fully saturated rings. The summed E-state index contributed by atoms with van der Waals surface area (Å²) >= 11 is 12.1. The van der Waals surface area contributed by atoms with Crippen LogP contribution < -0.4 is 10.6 Å². The molecule has 4 rings (SSSR count). The lowest BCUT2D eigenvalue weighted by atomic mass is 10.1. The van der Waals surface area contributed by atoms with E-state index in [0.717, 1.165) is 16.5 Å². The second kappa shape index (κ2) is 7.14. The summed E-state index contributed by atoms with van der Waals surface area (Å²) in [5.74, 6) is -1.45. The number of urea groups is 1. The third-order valence-corrected chi connectivity index (χ3v) is 5.14. The van der Waals surface area contributed by atoms with E-state index >= 15 is 0 Å². The largest absolute Gasteiger partial charge is 0.342 e. The maximum atomic E-state index is 12.0. The Morgan fingerprint density at radius 3 is 2.36 bits per heavy atom. The van der Waals surface area contributed by atoms with Gasteiger partial charge in [-0.15, -0.1) is 0 Å². The number of amides is 4. The standard InChI is InChI=1S/C20H13Cl2N3O3/c21-15-6-5-11(7-16(15)22)9-25-10-12(13-3-1-2-4-17(13)25)8-14-18(26)23-20(28)24-19(14)27/h1-8,10H,9H2,(H2,23,24,26,27,28). The van der Waals surface area contributed by atoms with Crippen molar-refractivity contribution in [2.75, 3.05) is 0 Å². The Morgan fingerprint density at radius 1 is 0.929 bits per heavy atom. The molecule has 28 heavy (non-hydrogen) atoms. The second-order valence-corrected chi connectivity index (χ2v) is 7.09. The Kier molecular flexibility index (Phi) is 4.66. The molecule has 0 atom stereocenters. The molecule has 2 heterocycles. The van der Waals surface area contributed by atoms with Crippen LogP contribution in [0.1, 0.15) is 11.1 Å². The van der Waals surface area contributed by atoms with Crippen molar-refractivity contribution in [1.82, 2.24) is 15.2 Å². The van der Waals surface area contributed by atoms with Crippen molar-refractivity contribution in [3.8, 4) is 0 Å². The van der Waals surface area contributed by atoms with Crippen LogP contribution in [-0.2, 0) is 16.1 Å². The number of halogens is 2. The molecule has 2 N–H and O–H groups in total. The maximum Gasteiger partial charge on any atom is 0.328 e. The number of aromatic nitrogens is 1. The van der Waals surface area contributed by atoms with Gasteiger partial charge in [0.15, 0.2) is 0 Å². The lowest BCUT2D eigenvalue weighted by Gasteiger charge is -2.13. The fourth-order valence-corrected chi connectivity index (χ4v) is 3.44. The average Bonchev–Trinajstić information content (AvgIpc) is 2.99. The lowest BCUT2D eigenvalue weighted by molar-refractivity contribution is -0.123. The number of nitrogens with one attached hydrogen (secondary N) is 2. The van der Waals surface area contributed by atoms with Gasteiger partial charge < -0.3 is 4.57 Å². The minimum atomic E-state index is -0.825. The van der Waals surface area contributed by atoms with Gasteiger partial charge in [0, 0.05) is 29.2 Å². The van der Waals surface area contributed by atoms with Crippen LogP contribution in [0.4, 0.5) is 4.79 Å². The average molecular weight is 414 g/mol. The molecule has 1 aliphatic heterocycles. The molecule has 0 saturated carbocycles. The molecular weight excluding hydrogens is 401 g/mol. The number of benzene rings is 2. The predicted octanol–water partition coefficient (Wildman–Crippen LogP) is 3.75. The van der Waals surface area contributed by atoms with Gasteiger partial charge in [0.2, 0.25) is 0 Å². The fraction of sp³-hybridized carbons (Fsp3) is 0.0500. The maximum absolute atomic E-state index is 12.0. The summed E-state index contributed by atoms with van der Waals surface area (Å²) in [6.07, 6.45) is 3.32. The zero-order valence-electron chi connectivity index (χ0n) is 14.3. The number of carbonyl (C=O) groups excluding carboxylic acids is 3. The summed E-state index contributed by atoms with van der Waals surface area (Å²) in [5.41, 5.74) is 2.43. The third-order valence-electron chi connectivity index (χ3n) is 4.40. The summed E-state index contributed by atoms with van der Waals surface area (Å²) in [6, 6.07) is 12.2. The SMILES string of the molecule is O=C1NC(=O)C(=Cc2cn(Cc3ccc(Cl)c(Cl)c3)c3ccccc23)C(=O)N1. The van der Waals surface area contributed by atoms with Crippen molar-refractivity contribution >= 4 is 58.0 Å². The highest BCUT2D eigenvalue weighted by Crippen LogP contribution is 2.27. The molecule has 4 amide bonds. The topological polar surface area (TPSA) is 80.2 Å². The number of fused-ring (bicyclic) bond motifs is 1. The van der Waals surface area contributed by atoms with E-state index in [1.165, 1.54) is 6.08 Å². The van der Waals surface area contributed by atoms with E-state index < -0.39 is 17.8 Å². The first kappa shape index (κ1) is 18.3. The zero-order chi connectivity index (χ0) is 19.8. The van der Waals surface area contributed by atoms with Gasteiger partial charge in [0.25, 0.3) is 11.8 Å². The van der Waals surface area contributed by atoms with Crippen LogP contribution >= 0.6 is 23.2 Å². The number of imide groups is 2. The van der Waals surface area contributed by atoms with E-state index in [4.69, 9.17) is 23.2 Å². The van der Waals surface area contributed by atoms with Crippen molar-refractivity contribution in [3.05, 3.63) is 75.4 Å². The Hall–Kier alpha value is -3.09. The van der Waals surface area contributed by atoms with Crippen LogP contribution in [0.5, 0.6) is 0 Å². The molecule has 1 saturated heterocycles. The first-order chi connectivity index (χ1) is 13.4. The Balaban J connectivity index is 1.77. The first-order valence-corrected chi connectivity index (χ1v) is 9.08. The minimum Gasteiger partial charge on any atom is -0.342 e. The van der Waals surface area contributed by atoms with Gasteiger partial charge in [-0.05, 0) is 29.8 Å². The predicted molar refractivity (Wildman–Crippen MR) is 107 cm³/mol.